The van der Waals surface area contributed by atoms with Gasteiger partial charge in [0.05, 0.1) is 18.8 Å². The largest absolute Gasteiger partial charge is 0.467 e. The number of rotatable bonds is 9. The summed E-state index contributed by atoms with van der Waals surface area (Å²) in [5.41, 5.74) is -0.586. The highest BCUT2D eigenvalue weighted by atomic mass is 16.7. The van der Waals surface area contributed by atoms with Crippen LogP contribution in [0.2, 0.25) is 6.32 Å². The predicted octanol–water partition coefficient (Wildman–Crippen LogP) is 3.13. The van der Waals surface area contributed by atoms with Crippen LogP contribution in [0.3, 0.4) is 0 Å². The van der Waals surface area contributed by atoms with Crippen LogP contribution in [-0.4, -0.2) is 91.4 Å². The monoisotopic (exact) mass is 551 g/mol. The number of carbonyl (C=O) groups excluding carboxylic acids is 2. The van der Waals surface area contributed by atoms with Crippen LogP contribution in [-0.2, 0) is 23.6 Å². The highest BCUT2D eigenvalue weighted by Crippen LogP contribution is 2.65. The van der Waals surface area contributed by atoms with Gasteiger partial charge in [-0.25, -0.2) is 14.4 Å². The molecule has 2 amide bonds. The molecule has 12 heteroatoms. The Bertz CT molecular complexity index is 942. The Morgan fingerprint density at radius 1 is 1.15 bits per heavy atom. The Labute approximate surface area is 232 Å². The first-order chi connectivity index (χ1) is 18.2. The third-order valence-corrected chi connectivity index (χ3v) is 9.52. The molecule has 5 rings (SSSR count). The molecule has 5 fully saturated rings. The van der Waals surface area contributed by atoms with E-state index in [0.717, 1.165) is 11.3 Å². The van der Waals surface area contributed by atoms with Gasteiger partial charge in [0.2, 0.25) is 0 Å². The van der Waals surface area contributed by atoms with Crippen LogP contribution < -0.4 is 10.6 Å². The minimum Gasteiger partial charge on any atom is -0.467 e. The molecule has 2 saturated heterocycles. The quantitative estimate of drug-likeness (QED) is 0.224. The molecule has 2 heterocycles. The smallest absolute Gasteiger partial charge is 0.457 e. The number of amides is 2. The molecule has 3 aliphatic carbocycles. The van der Waals surface area contributed by atoms with Crippen LogP contribution in [0.4, 0.5) is 9.59 Å². The molecule has 0 aromatic rings. The van der Waals surface area contributed by atoms with Crippen molar-refractivity contribution in [2.45, 2.75) is 103 Å². The lowest BCUT2D eigenvalue weighted by Gasteiger charge is -2.64. The van der Waals surface area contributed by atoms with Gasteiger partial charge < -0.3 is 34.5 Å². The number of carbonyl (C=O) groups is 3. The molecule has 0 aromatic carbocycles. The SMILES string of the molecule is COC(=O)[C@@H]1[C@H](CCCB2O[C@@H]3C[C@@H]4C[C@@H](C4(C)C)[C@]3(C)O2)[C@@H](NCCNC(=O)OC(C)(C)C)CN1C(=O)O. The molecule has 2 aliphatic heterocycles. The summed E-state index contributed by atoms with van der Waals surface area (Å²) in [4.78, 5) is 37.8. The zero-order chi connectivity index (χ0) is 28.8. The minimum atomic E-state index is -1.16. The maximum atomic E-state index is 12.7. The van der Waals surface area contributed by atoms with Crippen LogP contribution in [0.5, 0.6) is 0 Å². The van der Waals surface area contributed by atoms with E-state index >= 15 is 0 Å². The van der Waals surface area contributed by atoms with E-state index in [0.29, 0.717) is 44.1 Å². The number of hydrogen-bond acceptors (Lipinski definition) is 8. The van der Waals surface area contributed by atoms with Crippen molar-refractivity contribution in [1.82, 2.24) is 15.5 Å². The standard InChI is InChI=1S/C27H46BN3O8/c1-25(2,3)37-23(33)30-12-11-29-18-15-31(24(34)35)21(22(32)36-7)17(18)9-8-10-28-38-20-14-16-13-19(26(16,4)5)27(20,6)39-28/h16-21,29H,8-15H2,1-7H3,(H,30,33)(H,34,35)/t16-,17+,18-,19-,20+,21-,27-/m0/s1. The van der Waals surface area contributed by atoms with Gasteiger partial charge in [0.25, 0.3) is 0 Å². The van der Waals surface area contributed by atoms with Gasteiger partial charge in [0.15, 0.2) is 0 Å². The van der Waals surface area contributed by atoms with E-state index in [4.69, 9.17) is 18.8 Å². The molecule has 39 heavy (non-hydrogen) atoms. The number of nitrogens with zero attached hydrogens (tertiary/aromatic N) is 1. The summed E-state index contributed by atoms with van der Waals surface area (Å²) >= 11 is 0. The second kappa shape index (κ2) is 11.1. The summed E-state index contributed by atoms with van der Waals surface area (Å²) in [7, 11) is 0.980. The van der Waals surface area contributed by atoms with Crippen molar-refractivity contribution in [2.75, 3.05) is 26.7 Å². The highest BCUT2D eigenvalue weighted by Gasteiger charge is 2.67. The summed E-state index contributed by atoms with van der Waals surface area (Å²) in [5, 5.41) is 15.9. The fourth-order valence-electron chi connectivity index (χ4n) is 7.44. The fraction of sp³-hybridized carbons (Fsp3) is 0.889. The van der Waals surface area contributed by atoms with Gasteiger partial charge >= 0.3 is 25.3 Å². The first-order valence-electron chi connectivity index (χ1n) is 14.3. The maximum absolute atomic E-state index is 12.7. The molecule has 220 valence electrons. The van der Waals surface area contributed by atoms with E-state index in [1.807, 2.05) is 0 Å². The molecular formula is C27H46BN3O8. The lowest BCUT2D eigenvalue weighted by molar-refractivity contribution is -0.199. The van der Waals surface area contributed by atoms with E-state index in [2.05, 4.69) is 31.4 Å². The van der Waals surface area contributed by atoms with Crippen LogP contribution in [0.1, 0.15) is 67.2 Å². The molecule has 7 atom stereocenters. The van der Waals surface area contributed by atoms with Gasteiger partial charge in [-0.15, -0.1) is 0 Å². The molecule has 0 unspecified atom stereocenters. The summed E-state index contributed by atoms with van der Waals surface area (Å²) in [6.07, 6.45) is 2.65. The van der Waals surface area contributed by atoms with Gasteiger partial charge in [-0.1, -0.05) is 20.3 Å². The molecule has 0 spiro atoms. The van der Waals surface area contributed by atoms with Crippen molar-refractivity contribution in [3.63, 3.8) is 0 Å². The molecule has 5 aliphatic rings. The number of nitrogens with one attached hydrogen (secondary N) is 2. The number of carboxylic acid groups (broad SMARTS) is 1. The lowest BCUT2D eigenvalue weighted by Crippen LogP contribution is -2.65. The molecule has 0 radical (unpaired) electrons. The van der Waals surface area contributed by atoms with Crippen molar-refractivity contribution in [3.8, 4) is 0 Å². The molecule has 0 aromatic heterocycles. The Hall–Kier alpha value is -2.05. The molecular weight excluding hydrogens is 505 g/mol. The summed E-state index contributed by atoms with van der Waals surface area (Å²) < 4.78 is 23.1. The molecule has 3 N–H and O–H groups in total. The van der Waals surface area contributed by atoms with Crippen LogP contribution in [0, 0.1) is 23.2 Å². The Morgan fingerprint density at radius 2 is 1.87 bits per heavy atom. The average Bonchev–Trinajstić information content (AvgIpc) is 3.37. The summed E-state index contributed by atoms with van der Waals surface area (Å²) in [5.74, 6) is 0.318. The second-order valence-electron chi connectivity index (χ2n) is 13.4. The van der Waals surface area contributed by atoms with Crippen molar-refractivity contribution in [2.24, 2.45) is 23.2 Å². The summed E-state index contributed by atoms with van der Waals surface area (Å²) in [6.45, 7) is 13.1. The van der Waals surface area contributed by atoms with E-state index < -0.39 is 29.8 Å². The van der Waals surface area contributed by atoms with Gasteiger partial charge in [0, 0.05) is 31.6 Å². The van der Waals surface area contributed by atoms with Gasteiger partial charge in [-0.2, -0.15) is 0 Å². The normalized spacial score (nSPS) is 34.7. The van der Waals surface area contributed by atoms with E-state index in [-0.39, 0.29) is 42.7 Å². The predicted molar refractivity (Wildman–Crippen MR) is 144 cm³/mol. The van der Waals surface area contributed by atoms with Crippen molar-refractivity contribution in [3.05, 3.63) is 0 Å². The first kappa shape index (κ1) is 29.9. The Balaban J connectivity index is 1.33. The number of methoxy groups -OCH3 is 1. The fourth-order valence-corrected chi connectivity index (χ4v) is 7.44. The third kappa shape index (κ3) is 6.02. The van der Waals surface area contributed by atoms with Crippen molar-refractivity contribution < 1.29 is 38.3 Å². The topological polar surface area (TPSA) is 136 Å². The summed E-state index contributed by atoms with van der Waals surface area (Å²) in [6, 6.07) is -1.17. The number of hydrogen-bond donors (Lipinski definition) is 3. The average molecular weight is 551 g/mol. The molecule has 3 saturated carbocycles. The number of esters is 1. The number of likely N-dealkylation sites (tertiary alicyclic amines) is 1. The first-order valence-corrected chi connectivity index (χ1v) is 14.3. The van der Waals surface area contributed by atoms with Gasteiger partial charge in [-0.3, -0.25) is 4.90 Å². The number of ether oxygens (including phenoxy) is 2. The van der Waals surface area contributed by atoms with Crippen LogP contribution in [0.25, 0.3) is 0 Å². The van der Waals surface area contributed by atoms with Crippen LogP contribution >= 0.6 is 0 Å². The molecule has 11 nitrogen and oxygen atoms in total. The van der Waals surface area contributed by atoms with Gasteiger partial charge in [-0.05, 0) is 70.5 Å². The lowest BCUT2D eigenvalue weighted by atomic mass is 9.43. The highest BCUT2D eigenvalue weighted by molar-refractivity contribution is 6.45. The molecule has 2 bridgehead atoms. The Morgan fingerprint density at radius 3 is 2.49 bits per heavy atom. The van der Waals surface area contributed by atoms with Crippen LogP contribution in [0.15, 0.2) is 0 Å². The van der Waals surface area contributed by atoms with Crippen molar-refractivity contribution in [1.29, 1.82) is 0 Å². The zero-order valence-corrected chi connectivity index (χ0v) is 24.5. The number of alkyl carbamates (subject to hydrolysis) is 1. The zero-order valence-electron chi connectivity index (χ0n) is 24.5. The second-order valence-corrected chi connectivity index (χ2v) is 13.4. The van der Waals surface area contributed by atoms with E-state index in [1.165, 1.54) is 13.5 Å². The Kier molecular flexibility index (Phi) is 8.51. The van der Waals surface area contributed by atoms with E-state index in [1.54, 1.807) is 20.8 Å². The third-order valence-electron chi connectivity index (χ3n) is 9.52. The maximum Gasteiger partial charge on any atom is 0.457 e. The minimum absolute atomic E-state index is 0.114. The van der Waals surface area contributed by atoms with Gasteiger partial charge in [0.1, 0.15) is 11.6 Å². The van der Waals surface area contributed by atoms with E-state index in [9.17, 15) is 19.5 Å². The van der Waals surface area contributed by atoms with Crippen molar-refractivity contribution >= 4 is 25.3 Å².